The monoisotopic (exact) mass is 375 g/mol. The second-order valence-electron chi connectivity index (χ2n) is 6.94. The van der Waals surface area contributed by atoms with Crippen LogP contribution in [0.3, 0.4) is 0 Å². The van der Waals surface area contributed by atoms with Gasteiger partial charge in [0, 0.05) is 10.2 Å². The minimum absolute atomic E-state index is 0.0883. The molecule has 0 aromatic heterocycles. The van der Waals surface area contributed by atoms with Crippen LogP contribution in [-0.2, 0) is 9.59 Å². The van der Waals surface area contributed by atoms with Crippen molar-refractivity contribution in [3.05, 3.63) is 40.4 Å². The lowest BCUT2D eigenvalue weighted by Gasteiger charge is -2.45. The van der Waals surface area contributed by atoms with E-state index in [9.17, 15) is 14.7 Å². The number of allylic oxidation sites excluding steroid dienone is 1. The number of halogens is 1. The van der Waals surface area contributed by atoms with Gasteiger partial charge >= 0.3 is 5.97 Å². The third-order valence-electron chi connectivity index (χ3n) is 5.65. The smallest absolute Gasteiger partial charge is 0.307 e. The third-order valence-corrected chi connectivity index (χ3v) is 6.18. The van der Waals surface area contributed by atoms with Crippen molar-refractivity contribution in [3.8, 4) is 0 Å². The molecule has 1 spiro atoms. The van der Waals surface area contributed by atoms with Crippen LogP contribution in [0, 0.1) is 23.2 Å². The highest BCUT2D eigenvalue weighted by atomic mass is 79.9. The predicted molar refractivity (Wildman–Crippen MR) is 89.9 cm³/mol. The van der Waals surface area contributed by atoms with E-state index in [1.54, 1.807) is 0 Å². The van der Waals surface area contributed by atoms with Crippen molar-refractivity contribution in [2.24, 2.45) is 23.2 Å². The quantitative estimate of drug-likeness (QED) is 0.788. The molecule has 0 heterocycles. The Labute approximate surface area is 143 Å². The number of aliphatic carboxylic acids is 1. The fraction of sp³-hybridized carbons (Fsp3) is 0.444. The summed E-state index contributed by atoms with van der Waals surface area (Å²) in [6.07, 6.45) is 6.14. The van der Waals surface area contributed by atoms with Crippen LogP contribution in [0.2, 0.25) is 0 Å². The number of anilines is 1. The molecule has 4 aliphatic rings. The van der Waals surface area contributed by atoms with Crippen molar-refractivity contribution in [2.75, 3.05) is 5.32 Å². The molecule has 0 aliphatic heterocycles. The average Bonchev–Trinajstić information content (AvgIpc) is 3.28. The molecular weight excluding hydrogens is 358 g/mol. The van der Waals surface area contributed by atoms with Gasteiger partial charge in [0.2, 0.25) is 5.91 Å². The Kier molecular flexibility index (Phi) is 3.38. The molecule has 4 nitrogen and oxygen atoms in total. The van der Waals surface area contributed by atoms with Gasteiger partial charge in [-0.15, -0.1) is 0 Å². The van der Waals surface area contributed by atoms with Gasteiger partial charge in [-0.05, 0) is 61.3 Å². The number of nitrogens with one attached hydrogen (secondary N) is 1. The van der Waals surface area contributed by atoms with Crippen molar-refractivity contribution in [2.45, 2.75) is 25.7 Å². The van der Waals surface area contributed by atoms with E-state index in [0.29, 0.717) is 5.69 Å². The molecule has 1 aromatic rings. The molecule has 3 atom stereocenters. The zero-order valence-electron chi connectivity index (χ0n) is 12.6. The predicted octanol–water partition coefficient (Wildman–Crippen LogP) is 3.83. The number of amides is 1. The second kappa shape index (κ2) is 5.20. The van der Waals surface area contributed by atoms with Crippen LogP contribution in [0.4, 0.5) is 5.69 Å². The van der Waals surface area contributed by atoms with E-state index >= 15 is 0 Å². The molecule has 2 saturated carbocycles. The summed E-state index contributed by atoms with van der Waals surface area (Å²) in [6, 6.07) is 7.34. The Bertz CT molecular complexity index is 705. The molecule has 2 bridgehead atoms. The molecular formula is C18H18BrNO3. The minimum atomic E-state index is -0.831. The van der Waals surface area contributed by atoms with Gasteiger partial charge < -0.3 is 10.4 Å². The van der Waals surface area contributed by atoms with Gasteiger partial charge in [-0.2, -0.15) is 0 Å². The number of hydrogen-bond acceptors (Lipinski definition) is 2. The zero-order valence-corrected chi connectivity index (χ0v) is 14.2. The van der Waals surface area contributed by atoms with E-state index in [4.69, 9.17) is 0 Å². The van der Waals surface area contributed by atoms with E-state index < -0.39 is 17.8 Å². The Balaban J connectivity index is 1.62. The van der Waals surface area contributed by atoms with Gasteiger partial charge in [-0.1, -0.05) is 27.6 Å². The highest BCUT2D eigenvalue weighted by Gasteiger charge is 2.60. The molecule has 1 amide bonds. The summed E-state index contributed by atoms with van der Waals surface area (Å²) in [5, 5.41) is 12.6. The molecule has 0 saturated heterocycles. The van der Waals surface area contributed by atoms with Crippen LogP contribution < -0.4 is 5.32 Å². The molecule has 3 unspecified atom stereocenters. The molecule has 120 valence electrons. The Morgan fingerprint density at radius 3 is 2.52 bits per heavy atom. The van der Waals surface area contributed by atoms with Gasteiger partial charge in [-0.25, -0.2) is 0 Å². The minimum Gasteiger partial charge on any atom is -0.481 e. The normalized spacial score (nSPS) is 30.0. The van der Waals surface area contributed by atoms with E-state index in [1.165, 1.54) is 0 Å². The summed E-state index contributed by atoms with van der Waals surface area (Å²) >= 11 is 3.36. The highest BCUT2D eigenvalue weighted by molar-refractivity contribution is 9.10. The topological polar surface area (TPSA) is 66.4 Å². The SMILES string of the molecule is O=C(Nc1ccc(Br)cc1)C1C2=CC3(CC3)C(CC2)C1C(=O)O. The maximum absolute atomic E-state index is 12.8. The van der Waals surface area contributed by atoms with E-state index in [0.717, 1.165) is 35.7 Å². The Morgan fingerprint density at radius 2 is 1.91 bits per heavy atom. The number of rotatable bonds is 3. The largest absolute Gasteiger partial charge is 0.481 e. The summed E-state index contributed by atoms with van der Waals surface area (Å²) in [7, 11) is 0. The average molecular weight is 376 g/mol. The van der Waals surface area contributed by atoms with Gasteiger partial charge in [0.15, 0.2) is 0 Å². The lowest BCUT2D eigenvalue weighted by atomic mass is 9.58. The van der Waals surface area contributed by atoms with Crippen LogP contribution >= 0.6 is 15.9 Å². The molecule has 2 fully saturated rings. The highest BCUT2D eigenvalue weighted by Crippen LogP contribution is 2.65. The molecule has 2 N–H and O–H groups in total. The zero-order chi connectivity index (χ0) is 16.2. The molecule has 1 aromatic carbocycles. The summed E-state index contributed by atoms with van der Waals surface area (Å²) in [4.78, 5) is 24.6. The fourth-order valence-corrected chi connectivity index (χ4v) is 4.73. The van der Waals surface area contributed by atoms with Crippen LogP contribution in [0.25, 0.3) is 0 Å². The summed E-state index contributed by atoms with van der Waals surface area (Å²) in [5.74, 6) is -2.02. The second-order valence-corrected chi connectivity index (χ2v) is 7.85. The van der Waals surface area contributed by atoms with E-state index in [1.807, 2.05) is 24.3 Å². The van der Waals surface area contributed by atoms with Crippen LogP contribution in [0.5, 0.6) is 0 Å². The number of carboxylic acids is 1. The number of hydrogen-bond donors (Lipinski definition) is 2. The number of carboxylic acid groups (broad SMARTS) is 1. The van der Waals surface area contributed by atoms with E-state index in [2.05, 4.69) is 27.3 Å². The van der Waals surface area contributed by atoms with Gasteiger partial charge in [0.25, 0.3) is 0 Å². The Morgan fingerprint density at radius 1 is 1.22 bits per heavy atom. The molecule has 5 heteroatoms. The van der Waals surface area contributed by atoms with E-state index in [-0.39, 0.29) is 17.2 Å². The number of fused-ring (bicyclic) bond motifs is 2. The molecule has 5 rings (SSSR count). The van der Waals surface area contributed by atoms with Gasteiger partial charge in [0.1, 0.15) is 0 Å². The van der Waals surface area contributed by atoms with Crippen LogP contribution in [0.15, 0.2) is 40.4 Å². The van der Waals surface area contributed by atoms with Crippen molar-refractivity contribution in [1.82, 2.24) is 0 Å². The first-order valence-electron chi connectivity index (χ1n) is 8.01. The maximum atomic E-state index is 12.8. The van der Waals surface area contributed by atoms with Crippen molar-refractivity contribution < 1.29 is 14.7 Å². The summed E-state index contributed by atoms with van der Waals surface area (Å²) in [6.45, 7) is 0. The van der Waals surface area contributed by atoms with Crippen LogP contribution in [-0.4, -0.2) is 17.0 Å². The lowest BCUT2D eigenvalue weighted by Crippen LogP contribution is -2.48. The number of carbonyl (C=O) groups excluding carboxylic acids is 1. The number of benzene rings is 1. The Hall–Kier alpha value is -1.62. The van der Waals surface area contributed by atoms with Gasteiger partial charge in [-0.3, -0.25) is 9.59 Å². The number of carbonyl (C=O) groups is 2. The van der Waals surface area contributed by atoms with Crippen molar-refractivity contribution >= 4 is 33.5 Å². The standard InChI is InChI=1S/C18H18BrNO3/c19-11-2-4-12(5-3-11)20-16(21)14-10-1-6-13(15(14)17(22)23)18(9-10)7-8-18/h2-5,9,13-15H,1,6-8H2,(H,20,21)(H,22,23). The van der Waals surface area contributed by atoms with Crippen molar-refractivity contribution in [3.63, 3.8) is 0 Å². The first kappa shape index (κ1) is 14.9. The summed E-state index contributed by atoms with van der Waals surface area (Å²) in [5.41, 5.74) is 1.82. The first-order valence-corrected chi connectivity index (χ1v) is 8.80. The van der Waals surface area contributed by atoms with Gasteiger partial charge in [0.05, 0.1) is 11.8 Å². The van der Waals surface area contributed by atoms with Crippen molar-refractivity contribution in [1.29, 1.82) is 0 Å². The molecule has 23 heavy (non-hydrogen) atoms. The molecule has 4 aliphatic carbocycles. The fourth-order valence-electron chi connectivity index (χ4n) is 4.46. The summed E-state index contributed by atoms with van der Waals surface area (Å²) < 4.78 is 0.939. The lowest BCUT2D eigenvalue weighted by molar-refractivity contribution is -0.151. The molecule has 0 radical (unpaired) electrons. The van der Waals surface area contributed by atoms with Crippen LogP contribution in [0.1, 0.15) is 25.7 Å². The third kappa shape index (κ3) is 2.42. The maximum Gasteiger partial charge on any atom is 0.307 e. The first-order chi connectivity index (χ1) is 11.0.